The van der Waals surface area contributed by atoms with Gasteiger partial charge in [0.15, 0.2) is 4.77 Å². The first-order valence-electron chi connectivity index (χ1n) is 8.39. The van der Waals surface area contributed by atoms with E-state index in [9.17, 15) is 13.6 Å². The van der Waals surface area contributed by atoms with Gasteiger partial charge in [-0.05, 0) is 55.6 Å². The summed E-state index contributed by atoms with van der Waals surface area (Å²) in [5, 5.41) is 0. The molecule has 0 aliphatic heterocycles. The molecule has 0 saturated carbocycles. The number of aromatic nitrogens is 2. The first kappa shape index (κ1) is 17.8. The lowest BCUT2D eigenvalue weighted by Crippen LogP contribution is -2.20. The molecule has 3 rings (SSSR count). The van der Waals surface area contributed by atoms with Crippen LogP contribution in [0.15, 0.2) is 24.5 Å². The number of fused-ring (bicyclic) bond motifs is 1. The lowest BCUT2D eigenvalue weighted by Gasteiger charge is -2.26. The highest BCUT2D eigenvalue weighted by atomic mass is 32.1. The number of carbonyl (C=O) groups is 1. The molecule has 1 aliphatic rings. The molecular weight excluding hydrogens is 346 g/mol. The minimum absolute atomic E-state index is 0.0602. The molecule has 7 heteroatoms. The zero-order chi connectivity index (χ0) is 18.0. The zero-order valence-electron chi connectivity index (χ0n) is 14.0. The van der Waals surface area contributed by atoms with E-state index in [-0.39, 0.29) is 18.4 Å². The fourth-order valence-corrected chi connectivity index (χ4v) is 3.71. The maximum absolute atomic E-state index is 13.9. The quantitative estimate of drug-likeness (QED) is 0.593. The molecule has 1 atom stereocenters. The van der Waals surface area contributed by atoms with E-state index >= 15 is 0 Å². The second-order valence-electron chi connectivity index (χ2n) is 6.16. The first-order chi connectivity index (χ1) is 12.0. The molecule has 1 aliphatic carbocycles. The van der Waals surface area contributed by atoms with E-state index in [2.05, 4.69) is 0 Å². The second-order valence-corrected chi connectivity index (χ2v) is 6.52. The molecule has 4 nitrogen and oxygen atoms in total. The average molecular weight is 366 g/mol. The van der Waals surface area contributed by atoms with Crippen molar-refractivity contribution in [2.75, 3.05) is 6.61 Å². The van der Waals surface area contributed by atoms with E-state index < -0.39 is 11.6 Å². The van der Waals surface area contributed by atoms with Gasteiger partial charge in [0.05, 0.1) is 13.0 Å². The molecule has 0 unspecified atom stereocenters. The predicted octanol–water partition coefficient (Wildman–Crippen LogP) is 3.98. The lowest BCUT2D eigenvalue weighted by atomic mass is 9.87. The number of imidazole rings is 1. The Bertz CT molecular complexity index is 844. The molecule has 25 heavy (non-hydrogen) atoms. The molecule has 0 bridgehead atoms. The lowest BCUT2D eigenvalue weighted by molar-refractivity contribution is -0.143. The fourth-order valence-electron chi connectivity index (χ4n) is 3.34. The Labute approximate surface area is 150 Å². The molecule has 1 heterocycles. The Kier molecular flexibility index (Phi) is 5.32. The van der Waals surface area contributed by atoms with Crippen molar-refractivity contribution >= 4 is 18.2 Å². The van der Waals surface area contributed by atoms with Gasteiger partial charge in [-0.1, -0.05) is 0 Å². The van der Waals surface area contributed by atoms with Crippen LogP contribution in [0.3, 0.4) is 0 Å². The van der Waals surface area contributed by atoms with Gasteiger partial charge in [-0.3, -0.25) is 4.79 Å². The van der Waals surface area contributed by atoms with Crippen LogP contribution in [-0.4, -0.2) is 21.7 Å². The summed E-state index contributed by atoms with van der Waals surface area (Å²) in [6, 6.07) is 2.41. The van der Waals surface area contributed by atoms with Gasteiger partial charge < -0.3 is 13.9 Å². The Balaban J connectivity index is 1.75. The summed E-state index contributed by atoms with van der Waals surface area (Å²) in [6.07, 6.45) is 5.81. The summed E-state index contributed by atoms with van der Waals surface area (Å²) in [7, 11) is 0. The minimum atomic E-state index is -0.549. The smallest absolute Gasteiger partial charge is 0.307 e. The highest BCUT2D eigenvalue weighted by Gasteiger charge is 2.24. The van der Waals surface area contributed by atoms with Crippen molar-refractivity contribution in [2.24, 2.45) is 0 Å². The Hall–Kier alpha value is -2.02. The standard InChI is InChI=1S/C18H20F2N2O2S/c1-2-24-17(23)5-6-21-7-8-22(18(21)25)14-3-4-15-12(10-14)9-13(19)11-16(15)20/h7-9,11,14H,2-6,10H2,1H3/t14-/m0/s1. The molecule has 0 N–H and O–H groups in total. The normalized spacial score (nSPS) is 16.5. The number of halogens is 2. The highest BCUT2D eigenvalue weighted by molar-refractivity contribution is 7.71. The minimum Gasteiger partial charge on any atom is -0.466 e. The SMILES string of the molecule is CCOC(=O)CCn1ccn([C@H]2CCc3c(F)cc(F)cc3C2)c1=S. The van der Waals surface area contributed by atoms with Gasteiger partial charge >= 0.3 is 5.97 Å². The van der Waals surface area contributed by atoms with Crippen LogP contribution < -0.4 is 0 Å². The average Bonchev–Trinajstić information content (AvgIpc) is 2.93. The summed E-state index contributed by atoms with van der Waals surface area (Å²) in [4.78, 5) is 11.5. The Morgan fingerprint density at radius 1 is 1.36 bits per heavy atom. The molecule has 1 aromatic carbocycles. The van der Waals surface area contributed by atoms with E-state index in [0.717, 1.165) is 12.5 Å². The van der Waals surface area contributed by atoms with Gasteiger partial charge in [-0.2, -0.15) is 0 Å². The Morgan fingerprint density at radius 3 is 2.92 bits per heavy atom. The van der Waals surface area contributed by atoms with Gasteiger partial charge in [0.1, 0.15) is 11.6 Å². The number of esters is 1. The van der Waals surface area contributed by atoms with Crippen LogP contribution in [0.4, 0.5) is 8.78 Å². The van der Waals surface area contributed by atoms with Crippen molar-refractivity contribution in [1.29, 1.82) is 0 Å². The van der Waals surface area contributed by atoms with Crippen LogP contribution >= 0.6 is 12.2 Å². The monoisotopic (exact) mass is 366 g/mol. The summed E-state index contributed by atoms with van der Waals surface area (Å²) in [5.74, 6) is -1.27. The first-order valence-corrected chi connectivity index (χ1v) is 8.80. The van der Waals surface area contributed by atoms with Crippen molar-refractivity contribution < 1.29 is 18.3 Å². The number of aryl methyl sites for hydroxylation is 1. The van der Waals surface area contributed by atoms with Crippen molar-refractivity contribution in [1.82, 2.24) is 9.13 Å². The van der Waals surface area contributed by atoms with Crippen LogP contribution in [-0.2, 0) is 28.9 Å². The molecule has 134 valence electrons. The van der Waals surface area contributed by atoms with Crippen LogP contribution in [0.1, 0.15) is 36.9 Å². The third-order valence-corrected chi connectivity index (χ3v) is 5.01. The van der Waals surface area contributed by atoms with E-state index in [1.165, 1.54) is 6.07 Å². The fraction of sp³-hybridized carbons (Fsp3) is 0.444. The summed E-state index contributed by atoms with van der Waals surface area (Å²) in [6.45, 7) is 2.59. The molecule has 0 fully saturated rings. The molecule has 0 spiro atoms. The van der Waals surface area contributed by atoms with Crippen LogP contribution in [0, 0.1) is 16.4 Å². The number of benzene rings is 1. The maximum atomic E-state index is 13.9. The largest absolute Gasteiger partial charge is 0.466 e. The van der Waals surface area contributed by atoms with E-state index in [1.807, 2.05) is 21.5 Å². The van der Waals surface area contributed by atoms with Crippen molar-refractivity contribution in [3.05, 3.63) is 52.1 Å². The second kappa shape index (κ2) is 7.47. The zero-order valence-corrected chi connectivity index (χ0v) is 14.8. The van der Waals surface area contributed by atoms with Gasteiger partial charge in [-0.15, -0.1) is 0 Å². The van der Waals surface area contributed by atoms with Gasteiger partial charge in [0.2, 0.25) is 0 Å². The third kappa shape index (κ3) is 3.81. The van der Waals surface area contributed by atoms with Crippen molar-refractivity contribution in [2.45, 2.75) is 45.2 Å². The molecule has 0 saturated heterocycles. The number of rotatable bonds is 5. The molecular formula is C18H20F2N2O2S. The molecule has 1 aromatic heterocycles. The molecule has 0 radical (unpaired) electrons. The number of nitrogens with zero attached hydrogens (tertiary/aromatic N) is 2. The molecule has 2 aromatic rings. The van der Waals surface area contributed by atoms with Crippen LogP contribution in [0.25, 0.3) is 0 Å². The highest BCUT2D eigenvalue weighted by Crippen LogP contribution is 2.31. The van der Waals surface area contributed by atoms with E-state index in [1.54, 1.807) is 6.92 Å². The van der Waals surface area contributed by atoms with Gasteiger partial charge in [0, 0.05) is 31.0 Å². The number of hydrogen-bond acceptors (Lipinski definition) is 3. The predicted molar refractivity (Wildman–Crippen MR) is 91.9 cm³/mol. The summed E-state index contributed by atoms with van der Waals surface area (Å²) < 4.78 is 36.7. The Morgan fingerprint density at radius 2 is 2.16 bits per heavy atom. The van der Waals surface area contributed by atoms with Crippen molar-refractivity contribution in [3.63, 3.8) is 0 Å². The number of hydrogen-bond donors (Lipinski definition) is 0. The van der Waals surface area contributed by atoms with Gasteiger partial charge in [-0.25, -0.2) is 8.78 Å². The maximum Gasteiger partial charge on any atom is 0.307 e. The van der Waals surface area contributed by atoms with Crippen molar-refractivity contribution in [3.8, 4) is 0 Å². The number of carbonyl (C=O) groups excluding carboxylic acids is 1. The summed E-state index contributed by atoms with van der Waals surface area (Å²) in [5.41, 5.74) is 1.31. The molecule has 0 amide bonds. The van der Waals surface area contributed by atoms with E-state index in [0.29, 0.717) is 41.9 Å². The van der Waals surface area contributed by atoms with Gasteiger partial charge in [0.25, 0.3) is 0 Å². The van der Waals surface area contributed by atoms with E-state index in [4.69, 9.17) is 17.0 Å². The number of ether oxygens (including phenoxy) is 1. The summed E-state index contributed by atoms with van der Waals surface area (Å²) >= 11 is 5.50. The third-order valence-electron chi connectivity index (χ3n) is 4.57. The topological polar surface area (TPSA) is 36.2 Å². The van der Waals surface area contributed by atoms with Crippen LogP contribution in [0.5, 0.6) is 0 Å². The van der Waals surface area contributed by atoms with Crippen LogP contribution in [0.2, 0.25) is 0 Å².